The van der Waals surface area contributed by atoms with E-state index in [0.29, 0.717) is 17.2 Å². The number of carbonyl (C=O) groups excluding carboxylic acids is 2. The molecule has 2 rings (SSSR count). The van der Waals surface area contributed by atoms with E-state index < -0.39 is 0 Å². The Balaban J connectivity index is 2.05. The van der Waals surface area contributed by atoms with E-state index in [-0.39, 0.29) is 11.9 Å². The van der Waals surface area contributed by atoms with Crippen LogP contribution in [-0.2, 0) is 4.79 Å². The zero-order chi connectivity index (χ0) is 12.3. The van der Waals surface area contributed by atoms with Gasteiger partial charge in [-0.05, 0) is 37.0 Å². The van der Waals surface area contributed by atoms with Gasteiger partial charge in [0.15, 0.2) is 0 Å². The molecule has 4 heteroatoms. The van der Waals surface area contributed by atoms with Crippen molar-refractivity contribution in [2.24, 2.45) is 5.92 Å². The summed E-state index contributed by atoms with van der Waals surface area (Å²) in [6, 6.07) is 6.53. The lowest BCUT2D eigenvalue weighted by Crippen LogP contribution is -2.37. The number of hydrogen-bond donors (Lipinski definition) is 1. The number of carbonyl (C=O) groups is 2. The summed E-state index contributed by atoms with van der Waals surface area (Å²) in [5, 5.41) is 2.73. The molecule has 0 spiro atoms. The van der Waals surface area contributed by atoms with Crippen LogP contribution < -0.4 is 10.1 Å². The van der Waals surface area contributed by atoms with E-state index in [1.165, 1.54) is 0 Å². The van der Waals surface area contributed by atoms with Crippen LogP contribution in [0, 0.1) is 5.92 Å². The Labute approximate surface area is 100.0 Å². The third-order valence-electron chi connectivity index (χ3n) is 2.91. The molecule has 0 saturated heterocycles. The highest BCUT2D eigenvalue weighted by Crippen LogP contribution is 2.31. The zero-order valence-corrected chi connectivity index (χ0v) is 9.68. The van der Waals surface area contributed by atoms with Gasteiger partial charge in [-0.25, -0.2) is 0 Å². The average Bonchev–Trinajstić information content (AvgIpc) is 3.20. The van der Waals surface area contributed by atoms with Crippen molar-refractivity contribution in [3.05, 3.63) is 29.8 Å². The van der Waals surface area contributed by atoms with Crippen molar-refractivity contribution in [1.29, 1.82) is 0 Å². The molecule has 0 aromatic heterocycles. The molecule has 0 aliphatic heterocycles. The minimum atomic E-state index is -0.353. The van der Waals surface area contributed by atoms with Crippen molar-refractivity contribution >= 4 is 12.2 Å². The van der Waals surface area contributed by atoms with E-state index in [9.17, 15) is 9.59 Å². The molecule has 1 N–H and O–H groups in total. The molecule has 1 atom stereocenters. The topological polar surface area (TPSA) is 55.4 Å². The maximum Gasteiger partial charge on any atom is 0.251 e. The van der Waals surface area contributed by atoms with E-state index in [1.54, 1.807) is 31.4 Å². The fourth-order valence-electron chi connectivity index (χ4n) is 1.72. The van der Waals surface area contributed by atoms with Gasteiger partial charge in [0.05, 0.1) is 13.2 Å². The fourth-order valence-corrected chi connectivity index (χ4v) is 1.72. The molecule has 1 unspecified atom stereocenters. The second-order valence-electron chi connectivity index (χ2n) is 4.20. The van der Waals surface area contributed by atoms with Crippen LogP contribution in [0.25, 0.3) is 0 Å². The van der Waals surface area contributed by atoms with Gasteiger partial charge in [0.25, 0.3) is 5.91 Å². The molecule has 4 nitrogen and oxygen atoms in total. The predicted molar refractivity (Wildman–Crippen MR) is 63.0 cm³/mol. The van der Waals surface area contributed by atoms with Gasteiger partial charge >= 0.3 is 0 Å². The monoisotopic (exact) mass is 233 g/mol. The summed E-state index contributed by atoms with van der Waals surface area (Å²) in [6.45, 7) is 0. The number of nitrogens with one attached hydrogen (secondary N) is 1. The standard InChI is InChI=1S/C13H15NO3/c1-17-11-4-2-3-10(7-11)13(16)14-12(8-15)9-5-6-9/h2-4,7-9,12H,5-6H2,1H3,(H,14,16). The van der Waals surface area contributed by atoms with Crippen LogP contribution in [0.4, 0.5) is 0 Å². The number of rotatable bonds is 5. The molecule has 1 aromatic carbocycles. The van der Waals surface area contributed by atoms with Crippen molar-refractivity contribution < 1.29 is 14.3 Å². The summed E-state index contributed by atoms with van der Waals surface area (Å²) in [7, 11) is 1.55. The number of ether oxygens (including phenoxy) is 1. The summed E-state index contributed by atoms with van der Waals surface area (Å²) in [5.41, 5.74) is 0.511. The Morgan fingerprint density at radius 3 is 2.88 bits per heavy atom. The average molecular weight is 233 g/mol. The normalized spacial score (nSPS) is 16.1. The van der Waals surface area contributed by atoms with Crippen LogP contribution in [0.3, 0.4) is 0 Å². The molecule has 0 radical (unpaired) electrons. The van der Waals surface area contributed by atoms with Crippen molar-refractivity contribution in [2.45, 2.75) is 18.9 Å². The van der Waals surface area contributed by atoms with Gasteiger partial charge in [0.1, 0.15) is 12.0 Å². The third-order valence-corrected chi connectivity index (χ3v) is 2.91. The first kappa shape index (κ1) is 11.6. The number of benzene rings is 1. The van der Waals surface area contributed by atoms with E-state index >= 15 is 0 Å². The number of methoxy groups -OCH3 is 1. The highest BCUT2D eigenvalue weighted by atomic mass is 16.5. The minimum Gasteiger partial charge on any atom is -0.497 e. The third kappa shape index (κ3) is 2.84. The highest BCUT2D eigenvalue weighted by Gasteiger charge is 2.32. The fraction of sp³-hybridized carbons (Fsp3) is 0.385. The number of aldehydes is 1. The van der Waals surface area contributed by atoms with E-state index in [1.807, 2.05) is 0 Å². The first-order valence-corrected chi connectivity index (χ1v) is 5.65. The molecule has 0 bridgehead atoms. The maximum absolute atomic E-state index is 11.9. The van der Waals surface area contributed by atoms with Crippen molar-refractivity contribution in [3.63, 3.8) is 0 Å². The second-order valence-corrected chi connectivity index (χ2v) is 4.20. The summed E-state index contributed by atoms with van der Waals surface area (Å²) >= 11 is 0. The lowest BCUT2D eigenvalue weighted by atomic mass is 10.1. The van der Waals surface area contributed by atoms with Crippen LogP contribution >= 0.6 is 0 Å². The van der Waals surface area contributed by atoms with Gasteiger partial charge in [0, 0.05) is 5.56 Å². The van der Waals surface area contributed by atoms with Gasteiger partial charge in [-0.15, -0.1) is 0 Å². The molecule has 0 heterocycles. The quantitative estimate of drug-likeness (QED) is 0.782. The van der Waals surface area contributed by atoms with Gasteiger partial charge in [-0.2, -0.15) is 0 Å². The maximum atomic E-state index is 11.9. The summed E-state index contributed by atoms with van der Waals surface area (Å²) in [6.07, 6.45) is 2.85. The van der Waals surface area contributed by atoms with Gasteiger partial charge in [-0.1, -0.05) is 6.07 Å². The lowest BCUT2D eigenvalue weighted by Gasteiger charge is -2.11. The summed E-state index contributed by atoms with van der Waals surface area (Å²) in [5.74, 6) is 0.724. The Bertz CT molecular complexity index is 426. The van der Waals surface area contributed by atoms with Gasteiger partial charge in [0.2, 0.25) is 0 Å². The summed E-state index contributed by atoms with van der Waals surface area (Å²) in [4.78, 5) is 22.7. The van der Waals surface area contributed by atoms with Gasteiger partial charge < -0.3 is 14.8 Å². The van der Waals surface area contributed by atoms with Crippen LogP contribution in [-0.4, -0.2) is 25.3 Å². The van der Waals surface area contributed by atoms with Crippen molar-refractivity contribution in [2.75, 3.05) is 7.11 Å². The molecule has 1 amide bonds. The molecule has 1 fully saturated rings. The van der Waals surface area contributed by atoms with Gasteiger partial charge in [-0.3, -0.25) is 4.79 Å². The Morgan fingerprint density at radius 1 is 1.53 bits per heavy atom. The molecule has 1 aliphatic carbocycles. The Kier molecular flexibility index (Phi) is 3.42. The lowest BCUT2D eigenvalue weighted by molar-refractivity contribution is -0.109. The second kappa shape index (κ2) is 4.99. The SMILES string of the molecule is COc1cccc(C(=O)NC(C=O)C2CC2)c1. The number of hydrogen-bond acceptors (Lipinski definition) is 3. The number of amides is 1. The van der Waals surface area contributed by atoms with Crippen LogP contribution in [0.1, 0.15) is 23.2 Å². The molecule has 1 aliphatic rings. The van der Waals surface area contributed by atoms with Crippen molar-refractivity contribution in [1.82, 2.24) is 5.32 Å². The largest absolute Gasteiger partial charge is 0.497 e. The molecule has 1 aromatic rings. The molecule has 17 heavy (non-hydrogen) atoms. The molecular formula is C13H15NO3. The predicted octanol–water partition coefficient (Wildman–Crippen LogP) is 1.40. The highest BCUT2D eigenvalue weighted by molar-refractivity contribution is 5.96. The van der Waals surface area contributed by atoms with E-state index in [4.69, 9.17) is 4.74 Å². The minimum absolute atomic E-state index is 0.229. The molecule has 90 valence electrons. The zero-order valence-electron chi connectivity index (χ0n) is 9.68. The molecule has 1 saturated carbocycles. The first-order valence-electron chi connectivity index (χ1n) is 5.65. The summed E-state index contributed by atoms with van der Waals surface area (Å²) < 4.78 is 5.05. The Morgan fingerprint density at radius 2 is 2.29 bits per heavy atom. The van der Waals surface area contributed by atoms with Crippen LogP contribution in [0.15, 0.2) is 24.3 Å². The van der Waals surface area contributed by atoms with Crippen LogP contribution in [0.5, 0.6) is 5.75 Å². The first-order chi connectivity index (χ1) is 8.24. The van der Waals surface area contributed by atoms with E-state index in [0.717, 1.165) is 19.1 Å². The molecular weight excluding hydrogens is 218 g/mol. The Hall–Kier alpha value is -1.84. The smallest absolute Gasteiger partial charge is 0.251 e. The van der Waals surface area contributed by atoms with E-state index in [2.05, 4.69) is 5.32 Å². The van der Waals surface area contributed by atoms with Crippen LogP contribution in [0.2, 0.25) is 0 Å². The van der Waals surface area contributed by atoms with Crippen molar-refractivity contribution in [3.8, 4) is 5.75 Å².